The number of nitrogens with zero attached hydrogens (tertiary/aromatic N) is 4. The smallest absolute Gasteiger partial charge is 0.341 e. The Hall–Kier alpha value is -4.64. The van der Waals surface area contributed by atoms with Crippen molar-refractivity contribution in [3.63, 3.8) is 0 Å². The number of rotatable bonds is 11. The molecule has 11 heteroatoms. The Bertz CT molecular complexity index is 1390. The van der Waals surface area contributed by atoms with E-state index < -0.39 is 12.6 Å². The van der Waals surface area contributed by atoms with E-state index in [1.165, 1.54) is 18.0 Å². The Labute approximate surface area is 217 Å². The van der Waals surface area contributed by atoms with Crippen LogP contribution in [0.2, 0.25) is 0 Å². The topological polar surface area (TPSA) is 128 Å². The Morgan fingerprint density at radius 2 is 1.76 bits per heavy atom. The third kappa shape index (κ3) is 6.73. The van der Waals surface area contributed by atoms with Crippen LogP contribution in [0.4, 0.5) is 0 Å². The number of hydrazone groups is 1. The molecule has 0 aliphatic carbocycles. The van der Waals surface area contributed by atoms with Gasteiger partial charge in [0.25, 0.3) is 5.91 Å². The zero-order valence-corrected chi connectivity index (χ0v) is 20.6. The van der Waals surface area contributed by atoms with Gasteiger partial charge in [-0.05, 0) is 36.4 Å². The molecule has 0 unspecified atom stereocenters. The zero-order chi connectivity index (χ0) is 26.0. The number of ether oxygens (including phenoxy) is 2. The van der Waals surface area contributed by atoms with Crippen LogP contribution in [0.5, 0.6) is 11.5 Å². The average Bonchev–Trinajstić information content (AvgIpc) is 3.36. The first-order chi connectivity index (χ1) is 18.0. The van der Waals surface area contributed by atoms with Gasteiger partial charge in [-0.15, -0.1) is 10.2 Å². The van der Waals surface area contributed by atoms with Gasteiger partial charge in [-0.1, -0.05) is 54.2 Å². The number of carboxylic acid groups (broad SMARTS) is 1. The van der Waals surface area contributed by atoms with Crippen LogP contribution < -0.4 is 14.9 Å². The lowest BCUT2D eigenvalue weighted by atomic mass is 10.2. The summed E-state index contributed by atoms with van der Waals surface area (Å²) in [7, 11) is 1.60. The maximum absolute atomic E-state index is 12.5. The van der Waals surface area contributed by atoms with E-state index in [4.69, 9.17) is 14.6 Å². The molecule has 0 aliphatic heterocycles. The second-order valence-electron chi connectivity index (χ2n) is 7.51. The molecule has 0 saturated carbocycles. The van der Waals surface area contributed by atoms with E-state index >= 15 is 0 Å². The van der Waals surface area contributed by atoms with Crippen LogP contribution in [0.1, 0.15) is 5.56 Å². The van der Waals surface area contributed by atoms with E-state index in [0.29, 0.717) is 22.3 Å². The number of hydrogen-bond acceptors (Lipinski definition) is 8. The molecular formula is C26H23N5O5S. The number of carboxylic acids is 1. The molecule has 0 aliphatic rings. The van der Waals surface area contributed by atoms with Gasteiger partial charge in [0, 0.05) is 16.8 Å². The first kappa shape index (κ1) is 25.5. The van der Waals surface area contributed by atoms with Gasteiger partial charge in [0.15, 0.2) is 17.6 Å². The summed E-state index contributed by atoms with van der Waals surface area (Å²) in [4.78, 5) is 23.3. The summed E-state index contributed by atoms with van der Waals surface area (Å²) in [5, 5.41) is 22.0. The van der Waals surface area contributed by atoms with E-state index in [1.807, 2.05) is 59.2 Å². The number of aliphatic carboxylic acids is 1. The van der Waals surface area contributed by atoms with Gasteiger partial charge in [-0.25, -0.2) is 10.2 Å². The minimum Gasteiger partial charge on any atom is -0.497 e. The fraction of sp³-hybridized carbons (Fsp3) is 0.115. The first-order valence-corrected chi connectivity index (χ1v) is 12.1. The minimum absolute atomic E-state index is 0.0393. The van der Waals surface area contributed by atoms with Crippen molar-refractivity contribution in [2.45, 2.75) is 5.16 Å². The highest BCUT2D eigenvalue weighted by molar-refractivity contribution is 7.99. The van der Waals surface area contributed by atoms with Crippen molar-refractivity contribution in [2.24, 2.45) is 5.10 Å². The van der Waals surface area contributed by atoms with Gasteiger partial charge in [0.05, 0.1) is 19.1 Å². The molecule has 3 aromatic carbocycles. The molecule has 0 atom stereocenters. The summed E-state index contributed by atoms with van der Waals surface area (Å²) in [5.41, 5.74) is 4.71. The lowest BCUT2D eigenvalue weighted by Crippen LogP contribution is -2.20. The van der Waals surface area contributed by atoms with E-state index in [0.717, 1.165) is 17.0 Å². The van der Waals surface area contributed by atoms with Gasteiger partial charge >= 0.3 is 5.97 Å². The molecule has 4 aromatic rings. The van der Waals surface area contributed by atoms with Crippen molar-refractivity contribution in [3.8, 4) is 28.6 Å². The van der Waals surface area contributed by atoms with Crippen LogP contribution in [0.15, 0.2) is 89.1 Å². The molecule has 1 heterocycles. The number of thioether (sulfide) groups is 1. The van der Waals surface area contributed by atoms with Crippen LogP contribution in [-0.2, 0) is 9.59 Å². The molecule has 0 fully saturated rings. The molecule has 188 valence electrons. The second kappa shape index (κ2) is 12.4. The monoisotopic (exact) mass is 517 g/mol. The number of carbonyl (C=O) groups excluding carboxylic acids is 1. The fourth-order valence-electron chi connectivity index (χ4n) is 3.30. The molecule has 4 rings (SSSR count). The highest BCUT2D eigenvalue weighted by atomic mass is 32.2. The summed E-state index contributed by atoms with van der Waals surface area (Å²) < 4.78 is 12.4. The third-order valence-electron chi connectivity index (χ3n) is 4.99. The van der Waals surface area contributed by atoms with Crippen molar-refractivity contribution in [1.29, 1.82) is 0 Å². The number of nitrogens with one attached hydrogen (secondary N) is 1. The molecule has 37 heavy (non-hydrogen) atoms. The zero-order valence-electron chi connectivity index (χ0n) is 19.8. The van der Waals surface area contributed by atoms with E-state index in [2.05, 4.69) is 20.7 Å². The molecule has 0 bridgehead atoms. The Morgan fingerprint density at radius 1 is 1.03 bits per heavy atom. The van der Waals surface area contributed by atoms with Crippen LogP contribution >= 0.6 is 11.8 Å². The maximum Gasteiger partial charge on any atom is 0.341 e. The number of hydrogen-bond donors (Lipinski definition) is 2. The predicted molar refractivity (Wildman–Crippen MR) is 139 cm³/mol. The quantitative estimate of drug-likeness (QED) is 0.175. The number of benzene rings is 3. The highest BCUT2D eigenvalue weighted by Crippen LogP contribution is 2.28. The van der Waals surface area contributed by atoms with Crippen LogP contribution in [0, 0.1) is 0 Å². The molecule has 10 nitrogen and oxygen atoms in total. The minimum atomic E-state index is -1.09. The number of para-hydroxylation sites is 1. The Kier molecular flexibility index (Phi) is 8.50. The molecular weight excluding hydrogens is 494 g/mol. The predicted octanol–water partition coefficient (Wildman–Crippen LogP) is 3.65. The summed E-state index contributed by atoms with van der Waals surface area (Å²) >= 11 is 1.22. The van der Waals surface area contributed by atoms with Gasteiger partial charge in [0.2, 0.25) is 0 Å². The van der Waals surface area contributed by atoms with Gasteiger partial charge in [0.1, 0.15) is 11.5 Å². The van der Waals surface area contributed by atoms with Crippen molar-refractivity contribution in [2.75, 3.05) is 19.5 Å². The molecule has 0 radical (unpaired) electrons. The van der Waals surface area contributed by atoms with Crippen molar-refractivity contribution in [1.82, 2.24) is 20.2 Å². The third-order valence-corrected chi connectivity index (χ3v) is 5.92. The molecule has 0 spiro atoms. The van der Waals surface area contributed by atoms with Gasteiger partial charge in [-0.3, -0.25) is 9.36 Å². The lowest BCUT2D eigenvalue weighted by molar-refractivity contribution is -0.139. The first-order valence-electron chi connectivity index (χ1n) is 11.1. The summed E-state index contributed by atoms with van der Waals surface area (Å²) in [6.45, 7) is -0.478. The molecule has 0 saturated heterocycles. The Balaban J connectivity index is 1.46. The second-order valence-corrected chi connectivity index (χ2v) is 8.45. The Morgan fingerprint density at radius 3 is 2.49 bits per heavy atom. The van der Waals surface area contributed by atoms with E-state index in [1.54, 1.807) is 31.4 Å². The maximum atomic E-state index is 12.5. The van der Waals surface area contributed by atoms with Crippen molar-refractivity contribution >= 4 is 29.9 Å². The molecule has 2 N–H and O–H groups in total. The van der Waals surface area contributed by atoms with Crippen molar-refractivity contribution < 1.29 is 24.2 Å². The van der Waals surface area contributed by atoms with Gasteiger partial charge < -0.3 is 14.6 Å². The largest absolute Gasteiger partial charge is 0.497 e. The van der Waals surface area contributed by atoms with Crippen LogP contribution in [0.25, 0.3) is 17.1 Å². The van der Waals surface area contributed by atoms with E-state index in [9.17, 15) is 9.59 Å². The standard InChI is InChI=1S/C26H23N5O5S/c1-35-21-13-11-20(12-14-21)31-25(18-7-3-2-4-8-18)29-30-26(31)37-17-23(32)28-27-15-19-9-5-6-10-22(19)36-16-24(33)34/h2-15H,16-17H2,1H3,(H,28,32)(H,33,34)/b27-15+. The number of aromatic nitrogens is 3. The number of amides is 1. The van der Waals surface area contributed by atoms with Crippen LogP contribution in [0.3, 0.4) is 0 Å². The van der Waals surface area contributed by atoms with E-state index in [-0.39, 0.29) is 11.7 Å². The van der Waals surface area contributed by atoms with Gasteiger partial charge in [-0.2, -0.15) is 5.10 Å². The SMILES string of the molecule is COc1ccc(-n2c(SCC(=O)N/N=C/c3ccccc3OCC(=O)O)nnc2-c2ccccc2)cc1. The fourth-order valence-corrected chi connectivity index (χ4v) is 4.04. The number of carbonyl (C=O) groups is 2. The number of methoxy groups -OCH3 is 1. The summed E-state index contributed by atoms with van der Waals surface area (Å²) in [6.07, 6.45) is 1.40. The molecule has 1 amide bonds. The normalized spacial score (nSPS) is 10.8. The van der Waals surface area contributed by atoms with Crippen LogP contribution in [-0.4, -0.2) is 57.4 Å². The summed E-state index contributed by atoms with van der Waals surface area (Å²) in [5.74, 6) is 0.311. The summed E-state index contributed by atoms with van der Waals surface area (Å²) in [6, 6.07) is 23.9. The molecule has 1 aromatic heterocycles. The average molecular weight is 518 g/mol. The highest BCUT2D eigenvalue weighted by Gasteiger charge is 2.17. The van der Waals surface area contributed by atoms with Crippen molar-refractivity contribution in [3.05, 3.63) is 84.4 Å². The lowest BCUT2D eigenvalue weighted by Gasteiger charge is -2.11.